The summed E-state index contributed by atoms with van der Waals surface area (Å²) < 4.78 is 1.77. The van der Waals surface area contributed by atoms with Crippen LogP contribution in [0, 0.1) is 12.8 Å². The Kier molecular flexibility index (Phi) is 3.14. The van der Waals surface area contributed by atoms with Crippen LogP contribution in [-0.2, 0) is 24.7 Å². The molecule has 7 heteroatoms. The number of aryl methyl sites for hydroxylation is 3. The van der Waals surface area contributed by atoms with Crippen molar-refractivity contribution in [2.24, 2.45) is 13.0 Å². The van der Waals surface area contributed by atoms with Gasteiger partial charge in [0.05, 0.1) is 23.3 Å². The number of nitrogens with one attached hydrogen (secondary N) is 2. The standard InChI is InChI=1S/C16H18N6O/c1-9-11-5-6-17-15(11)18-8-13(9)19-16(23)10-3-4-12-14(7-10)22(2)21-20-12/h5-6,8,10H,3-4,7H2,1-2H3,(H,17,18)(H,19,23). The number of anilines is 1. The second kappa shape index (κ2) is 5.19. The van der Waals surface area contributed by atoms with Gasteiger partial charge in [-0.15, -0.1) is 5.10 Å². The number of hydrogen-bond donors (Lipinski definition) is 2. The van der Waals surface area contributed by atoms with Crippen LogP contribution < -0.4 is 5.32 Å². The molecule has 0 saturated carbocycles. The first-order chi connectivity index (χ1) is 11.1. The highest BCUT2D eigenvalue weighted by molar-refractivity contribution is 5.96. The molecule has 0 saturated heterocycles. The van der Waals surface area contributed by atoms with Gasteiger partial charge >= 0.3 is 0 Å². The highest BCUT2D eigenvalue weighted by Gasteiger charge is 2.28. The number of carbonyl (C=O) groups is 1. The maximum atomic E-state index is 12.6. The van der Waals surface area contributed by atoms with Crippen molar-refractivity contribution in [2.45, 2.75) is 26.2 Å². The lowest BCUT2D eigenvalue weighted by Crippen LogP contribution is -2.29. The first-order valence-electron chi connectivity index (χ1n) is 7.74. The number of H-pyrrole nitrogens is 1. The number of amides is 1. The first-order valence-corrected chi connectivity index (χ1v) is 7.74. The van der Waals surface area contributed by atoms with Crippen molar-refractivity contribution in [3.63, 3.8) is 0 Å². The second-order valence-corrected chi connectivity index (χ2v) is 6.07. The van der Waals surface area contributed by atoms with E-state index in [2.05, 4.69) is 25.6 Å². The third-order valence-corrected chi connectivity index (χ3v) is 4.68. The lowest BCUT2D eigenvalue weighted by molar-refractivity contribution is -0.120. The van der Waals surface area contributed by atoms with E-state index in [9.17, 15) is 4.79 Å². The van der Waals surface area contributed by atoms with E-state index >= 15 is 0 Å². The molecule has 2 N–H and O–H groups in total. The van der Waals surface area contributed by atoms with Gasteiger partial charge < -0.3 is 10.3 Å². The Morgan fingerprint density at radius 3 is 3.22 bits per heavy atom. The molecule has 1 aliphatic rings. The molecule has 0 bridgehead atoms. The van der Waals surface area contributed by atoms with E-state index in [0.717, 1.165) is 46.5 Å². The van der Waals surface area contributed by atoms with Crippen molar-refractivity contribution in [3.8, 4) is 0 Å². The number of pyridine rings is 1. The third-order valence-electron chi connectivity index (χ3n) is 4.68. The number of rotatable bonds is 2. The van der Waals surface area contributed by atoms with Gasteiger partial charge in [0.1, 0.15) is 5.65 Å². The lowest BCUT2D eigenvalue weighted by atomic mass is 9.89. The Labute approximate surface area is 133 Å². The molecule has 0 spiro atoms. The molecule has 4 rings (SSSR count). The molecule has 7 nitrogen and oxygen atoms in total. The van der Waals surface area contributed by atoms with Crippen LogP contribution >= 0.6 is 0 Å². The van der Waals surface area contributed by atoms with Crippen LogP contribution in [-0.4, -0.2) is 30.9 Å². The molecular weight excluding hydrogens is 292 g/mol. The van der Waals surface area contributed by atoms with Crippen LogP contribution in [0.4, 0.5) is 5.69 Å². The Morgan fingerprint density at radius 2 is 2.35 bits per heavy atom. The number of fused-ring (bicyclic) bond motifs is 2. The van der Waals surface area contributed by atoms with Gasteiger partial charge in [-0.1, -0.05) is 5.21 Å². The zero-order valence-corrected chi connectivity index (χ0v) is 13.1. The molecular formula is C16H18N6O. The second-order valence-electron chi connectivity index (χ2n) is 6.07. The summed E-state index contributed by atoms with van der Waals surface area (Å²) in [6.45, 7) is 2.00. The van der Waals surface area contributed by atoms with E-state index < -0.39 is 0 Å². The molecule has 118 valence electrons. The van der Waals surface area contributed by atoms with Crippen molar-refractivity contribution in [1.82, 2.24) is 25.0 Å². The summed E-state index contributed by atoms with van der Waals surface area (Å²) in [7, 11) is 1.88. The minimum atomic E-state index is -0.0546. The molecule has 1 aliphatic carbocycles. The van der Waals surface area contributed by atoms with Crippen LogP contribution in [0.1, 0.15) is 23.4 Å². The van der Waals surface area contributed by atoms with Crippen molar-refractivity contribution < 1.29 is 4.79 Å². The summed E-state index contributed by atoms with van der Waals surface area (Å²) in [6.07, 6.45) is 5.86. The zero-order chi connectivity index (χ0) is 16.0. The fourth-order valence-corrected chi connectivity index (χ4v) is 3.24. The predicted molar refractivity (Wildman–Crippen MR) is 86.0 cm³/mol. The van der Waals surface area contributed by atoms with Gasteiger partial charge in [0.15, 0.2) is 0 Å². The summed E-state index contributed by atoms with van der Waals surface area (Å²) in [5.41, 5.74) is 4.72. The third kappa shape index (κ3) is 2.28. The molecule has 1 unspecified atom stereocenters. The molecule has 0 aliphatic heterocycles. The minimum Gasteiger partial charge on any atom is -0.346 e. The molecule has 3 aromatic rings. The van der Waals surface area contributed by atoms with Crippen LogP contribution in [0.15, 0.2) is 18.5 Å². The number of nitrogens with zero attached hydrogens (tertiary/aromatic N) is 4. The van der Waals surface area contributed by atoms with Gasteiger partial charge in [0.2, 0.25) is 5.91 Å². The quantitative estimate of drug-likeness (QED) is 0.754. The van der Waals surface area contributed by atoms with E-state index in [1.54, 1.807) is 10.9 Å². The smallest absolute Gasteiger partial charge is 0.227 e. The number of aromatic nitrogens is 5. The van der Waals surface area contributed by atoms with Gasteiger partial charge in [-0.3, -0.25) is 9.48 Å². The van der Waals surface area contributed by atoms with E-state index in [0.29, 0.717) is 6.42 Å². The van der Waals surface area contributed by atoms with E-state index in [4.69, 9.17) is 0 Å². The van der Waals surface area contributed by atoms with E-state index in [-0.39, 0.29) is 11.8 Å². The monoisotopic (exact) mass is 310 g/mol. The van der Waals surface area contributed by atoms with Crippen LogP contribution in [0.5, 0.6) is 0 Å². The van der Waals surface area contributed by atoms with Gasteiger partial charge in [-0.05, 0) is 31.4 Å². The highest BCUT2D eigenvalue weighted by atomic mass is 16.1. The van der Waals surface area contributed by atoms with Crippen molar-refractivity contribution in [3.05, 3.63) is 35.4 Å². The summed E-state index contributed by atoms with van der Waals surface area (Å²) in [4.78, 5) is 20.1. The Bertz CT molecular complexity index is 893. The van der Waals surface area contributed by atoms with Gasteiger partial charge in [-0.2, -0.15) is 0 Å². The Balaban J connectivity index is 1.56. The van der Waals surface area contributed by atoms with Crippen LogP contribution in [0.2, 0.25) is 0 Å². The van der Waals surface area contributed by atoms with Crippen molar-refractivity contribution in [2.75, 3.05) is 5.32 Å². The van der Waals surface area contributed by atoms with Gasteiger partial charge in [0.25, 0.3) is 0 Å². The Hall–Kier alpha value is -2.70. The molecule has 0 fully saturated rings. The summed E-state index contributed by atoms with van der Waals surface area (Å²) in [6, 6.07) is 1.97. The maximum Gasteiger partial charge on any atom is 0.227 e. The van der Waals surface area contributed by atoms with E-state index in [1.165, 1.54) is 0 Å². The molecule has 1 atom stereocenters. The van der Waals surface area contributed by atoms with Gasteiger partial charge in [0, 0.05) is 31.0 Å². The molecule has 0 radical (unpaired) electrons. The van der Waals surface area contributed by atoms with Crippen molar-refractivity contribution in [1.29, 1.82) is 0 Å². The lowest BCUT2D eigenvalue weighted by Gasteiger charge is -2.21. The number of hydrogen-bond acceptors (Lipinski definition) is 4. The molecule has 0 aromatic carbocycles. The largest absolute Gasteiger partial charge is 0.346 e. The Morgan fingerprint density at radius 1 is 1.48 bits per heavy atom. The fourth-order valence-electron chi connectivity index (χ4n) is 3.24. The van der Waals surface area contributed by atoms with Crippen LogP contribution in [0.25, 0.3) is 11.0 Å². The first kappa shape index (κ1) is 13.9. The number of carbonyl (C=O) groups excluding carboxylic acids is 1. The molecule has 3 heterocycles. The average molecular weight is 310 g/mol. The maximum absolute atomic E-state index is 12.6. The molecule has 1 amide bonds. The van der Waals surface area contributed by atoms with Crippen molar-refractivity contribution >= 4 is 22.6 Å². The topological polar surface area (TPSA) is 88.5 Å². The fraction of sp³-hybridized carbons (Fsp3) is 0.375. The normalized spacial score (nSPS) is 17.2. The predicted octanol–water partition coefficient (Wildman–Crippen LogP) is 1.74. The number of aromatic amines is 1. The average Bonchev–Trinajstić information content (AvgIpc) is 3.17. The van der Waals surface area contributed by atoms with Crippen LogP contribution in [0.3, 0.4) is 0 Å². The summed E-state index contributed by atoms with van der Waals surface area (Å²) in [5.74, 6) is -0.0161. The summed E-state index contributed by atoms with van der Waals surface area (Å²) in [5, 5.41) is 12.3. The highest BCUT2D eigenvalue weighted by Crippen LogP contribution is 2.27. The summed E-state index contributed by atoms with van der Waals surface area (Å²) >= 11 is 0. The van der Waals surface area contributed by atoms with E-state index in [1.807, 2.05) is 26.2 Å². The van der Waals surface area contributed by atoms with Gasteiger partial charge in [-0.25, -0.2) is 4.98 Å². The molecule has 23 heavy (non-hydrogen) atoms. The zero-order valence-electron chi connectivity index (χ0n) is 13.1. The molecule has 3 aromatic heterocycles. The SMILES string of the molecule is Cc1c(NC(=O)C2CCc3nnn(C)c3C2)cnc2[nH]ccc12. The minimum absolute atomic E-state index is 0.0386.